The van der Waals surface area contributed by atoms with Gasteiger partial charge in [0, 0.05) is 32.1 Å². The molecule has 1 unspecified atom stereocenters. The number of imidazole rings is 1. The minimum Gasteiger partial charge on any atom is -0.342 e. The topological polar surface area (TPSA) is 91.7 Å². The minimum atomic E-state index is 0.00786. The van der Waals surface area contributed by atoms with Gasteiger partial charge in [0.25, 0.3) is 0 Å². The Bertz CT molecular complexity index is 1010. The summed E-state index contributed by atoms with van der Waals surface area (Å²) in [6.45, 7) is 8.80. The number of aromatic amines is 1. The Morgan fingerprint density at radius 3 is 2.90 bits per heavy atom. The van der Waals surface area contributed by atoms with E-state index >= 15 is 0 Å². The van der Waals surface area contributed by atoms with Gasteiger partial charge < -0.3 is 15.2 Å². The van der Waals surface area contributed by atoms with Gasteiger partial charge in [0.15, 0.2) is 0 Å². The molecule has 2 aromatic heterocycles. The van der Waals surface area contributed by atoms with Crippen LogP contribution in [0.25, 0.3) is 11.0 Å². The number of hydrogen-bond donors (Lipinski definition) is 2. The zero-order valence-corrected chi connectivity index (χ0v) is 17.4. The first-order valence-electron chi connectivity index (χ1n) is 10.4. The predicted octanol–water partition coefficient (Wildman–Crippen LogP) is 3.06. The van der Waals surface area contributed by atoms with Crippen molar-refractivity contribution < 1.29 is 4.79 Å². The van der Waals surface area contributed by atoms with Crippen molar-refractivity contribution in [1.29, 1.82) is 0 Å². The molecular formula is C21H29N7O. The molecule has 1 saturated heterocycles. The molecule has 154 valence electrons. The van der Waals surface area contributed by atoms with Gasteiger partial charge in [-0.05, 0) is 51.7 Å². The summed E-state index contributed by atoms with van der Waals surface area (Å²) in [5.41, 5.74) is 3.27. The second-order valence-corrected chi connectivity index (χ2v) is 7.89. The molecule has 2 N–H and O–H groups in total. The molecule has 8 nitrogen and oxygen atoms in total. The lowest BCUT2D eigenvalue weighted by Crippen LogP contribution is -2.45. The standard InChI is InChI=1S/C21H29N7O/c1-14-7-4-9-18-19(14)25-20(24-18)17-8-5-11-27(13-17)21(29)22-10-6-12-28-16(3)23-15(2)26-28/h4,7,9,17H,5-6,8,10-13H2,1-3H3,(H,22,29)(H,24,25). The molecule has 1 fully saturated rings. The summed E-state index contributed by atoms with van der Waals surface area (Å²) < 4.78 is 1.89. The molecule has 1 atom stereocenters. The smallest absolute Gasteiger partial charge is 0.317 e. The van der Waals surface area contributed by atoms with Crippen LogP contribution >= 0.6 is 0 Å². The maximum atomic E-state index is 12.6. The molecule has 1 aliphatic rings. The summed E-state index contributed by atoms with van der Waals surface area (Å²) in [7, 11) is 0. The molecule has 8 heteroatoms. The van der Waals surface area contributed by atoms with Gasteiger partial charge in [0.1, 0.15) is 17.5 Å². The number of rotatable bonds is 5. The number of nitrogens with one attached hydrogen (secondary N) is 2. The van der Waals surface area contributed by atoms with Gasteiger partial charge in [-0.15, -0.1) is 0 Å². The fourth-order valence-electron chi connectivity index (χ4n) is 4.08. The van der Waals surface area contributed by atoms with E-state index in [-0.39, 0.29) is 11.9 Å². The van der Waals surface area contributed by atoms with Gasteiger partial charge in [-0.25, -0.2) is 14.8 Å². The van der Waals surface area contributed by atoms with E-state index in [1.54, 1.807) is 0 Å². The van der Waals surface area contributed by atoms with Crippen molar-refractivity contribution in [1.82, 2.24) is 34.9 Å². The number of aromatic nitrogens is 5. The summed E-state index contributed by atoms with van der Waals surface area (Å²) in [5, 5.41) is 7.41. The van der Waals surface area contributed by atoms with Crippen molar-refractivity contribution in [3.8, 4) is 0 Å². The average Bonchev–Trinajstić information content (AvgIpc) is 3.29. The maximum absolute atomic E-state index is 12.6. The highest BCUT2D eigenvalue weighted by molar-refractivity contribution is 5.78. The van der Waals surface area contributed by atoms with Crippen LogP contribution in [-0.4, -0.2) is 55.3 Å². The lowest BCUT2D eigenvalue weighted by Gasteiger charge is -2.31. The van der Waals surface area contributed by atoms with E-state index in [1.165, 1.54) is 5.56 Å². The Balaban J connectivity index is 1.31. The largest absolute Gasteiger partial charge is 0.342 e. The molecule has 1 aromatic carbocycles. The number of benzene rings is 1. The molecule has 3 heterocycles. The van der Waals surface area contributed by atoms with E-state index in [1.807, 2.05) is 29.5 Å². The van der Waals surface area contributed by atoms with E-state index in [0.717, 1.165) is 60.9 Å². The van der Waals surface area contributed by atoms with E-state index < -0.39 is 0 Å². The third-order valence-electron chi connectivity index (χ3n) is 5.61. The summed E-state index contributed by atoms with van der Waals surface area (Å²) in [6, 6.07) is 6.19. The number of amides is 2. The lowest BCUT2D eigenvalue weighted by molar-refractivity contribution is 0.178. The van der Waals surface area contributed by atoms with Crippen LogP contribution in [-0.2, 0) is 6.54 Å². The quantitative estimate of drug-likeness (QED) is 0.650. The second-order valence-electron chi connectivity index (χ2n) is 7.89. The summed E-state index contributed by atoms with van der Waals surface area (Å²) >= 11 is 0. The van der Waals surface area contributed by atoms with Gasteiger partial charge in [-0.1, -0.05) is 12.1 Å². The fraction of sp³-hybridized carbons (Fsp3) is 0.524. The van der Waals surface area contributed by atoms with Crippen LogP contribution in [0.4, 0.5) is 4.79 Å². The molecule has 1 aliphatic heterocycles. The first kappa shape index (κ1) is 19.4. The van der Waals surface area contributed by atoms with Crippen molar-refractivity contribution >= 4 is 17.1 Å². The van der Waals surface area contributed by atoms with Gasteiger partial charge in [-0.2, -0.15) is 5.10 Å². The highest BCUT2D eigenvalue weighted by Crippen LogP contribution is 2.27. The van der Waals surface area contributed by atoms with Crippen molar-refractivity contribution in [2.75, 3.05) is 19.6 Å². The second kappa shape index (κ2) is 8.23. The number of H-pyrrole nitrogens is 1. The zero-order valence-electron chi connectivity index (χ0n) is 17.4. The fourth-order valence-corrected chi connectivity index (χ4v) is 4.08. The molecule has 0 saturated carbocycles. The predicted molar refractivity (Wildman–Crippen MR) is 112 cm³/mol. The number of hydrogen-bond acceptors (Lipinski definition) is 4. The van der Waals surface area contributed by atoms with Crippen LogP contribution in [0.2, 0.25) is 0 Å². The summed E-state index contributed by atoms with van der Waals surface area (Å²) in [5.74, 6) is 2.94. The molecule has 2 amide bonds. The Labute approximate surface area is 170 Å². The van der Waals surface area contributed by atoms with Gasteiger partial charge in [-0.3, -0.25) is 4.68 Å². The first-order chi connectivity index (χ1) is 14.0. The van der Waals surface area contributed by atoms with E-state index in [4.69, 9.17) is 4.98 Å². The van der Waals surface area contributed by atoms with Crippen LogP contribution in [0.5, 0.6) is 0 Å². The molecule has 0 radical (unpaired) electrons. The minimum absolute atomic E-state index is 0.00786. The highest BCUT2D eigenvalue weighted by atomic mass is 16.2. The number of carbonyl (C=O) groups is 1. The van der Waals surface area contributed by atoms with Crippen molar-refractivity contribution in [2.24, 2.45) is 0 Å². The molecule has 4 rings (SSSR count). The van der Waals surface area contributed by atoms with Crippen molar-refractivity contribution in [3.63, 3.8) is 0 Å². The molecule has 0 bridgehead atoms. The molecular weight excluding hydrogens is 366 g/mol. The van der Waals surface area contributed by atoms with E-state index in [9.17, 15) is 4.79 Å². The highest BCUT2D eigenvalue weighted by Gasteiger charge is 2.26. The van der Waals surface area contributed by atoms with Crippen LogP contribution in [0, 0.1) is 20.8 Å². The number of aryl methyl sites for hydroxylation is 4. The summed E-state index contributed by atoms with van der Waals surface area (Å²) in [4.78, 5) is 27.1. The van der Waals surface area contributed by atoms with Crippen molar-refractivity contribution in [3.05, 3.63) is 41.2 Å². The SMILES string of the molecule is Cc1nc(C)n(CCCNC(=O)N2CCCC(c3nc4c(C)cccc4[nH]3)C2)n1. The number of likely N-dealkylation sites (tertiary alicyclic amines) is 1. The lowest BCUT2D eigenvalue weighted by atomic mass is 9.97. The van der Waals surface area contributed by atoms with Gasteiger partial charge in [0.05, 0.1) is 11.0 Å². The zero-order chi connectivity index (χ0) is 20.4. The number of para-hydroxylation sites is 1. The number of nitrogens with zero attached hydrogens (tertiary/aromatic N) is 5. The Morgan fingerprint density at radius 1 is 1.28 bits per heavy atom. The van der Waals surface area contributed by atoms with Crippen LogP contribution < -0.4 is 5.32 Å². The number of carbonyl (C=O) groups excluding carboxylic acids is 1. The van der Waals surface area contributed by atoms with E-state index in [0.29, 0.717) is 13.1 Å². The average molecular weight is 396 g/mol. The Hall–Kier alpha value is -2.90. The van der Waals surface area contributed by atoms with Crippen LogP contribution in [0.15, 0.2) is 18.2 Å². The monoisotopic (exact) mass is 395 g/mol. The Morgan fingerprint density at radius 2 is 2.14 bits per heavy atom. The van der Waals surface area contributed by atoms with Gasteiger partial charge in [0.2, 0.25) is 0 Å². The third kappa shape index (κ3) is 4.26. The van der Waals surface area contributed by atoms with E-state index in [2.05, 4.69) is 39.4 Å². The molecule has 0 aliphatic carbocycles. The van der Waals surface area contributed by atoms with Gasteiger partial charge >= 0.3 is 6.03 Å². The van der Waals surface area contributed by atoms with Crippen LogP contribution in [0.1, 0.15) is 48.2 Å². The molecule has 3 aromatic rings. The first-order valence-corrected chi connectivity index (χ1v) is 10.4. The molecule has 29 heavy (non-hydrogen) atoms. The van der Waals surface area contributed by atoms with Crippen molar-refractivity contribution in [2.45, 2.75) is 52.5 Å². The molecule has 0 spiro atoms. The normalized spacial score (nSPS) is 17.1. The Kier molecular flexibility index (Phi) is 5.51. The number of fused-ring (bicyclic) bond motifs is 1. The maximum Gasteiger partial charge on any atom is 0.317 e. The van der Waals surface area contributed by atoms with Crippen LogP contribution in [0.3, 0.4) is 0 Å². The summed E-state index contributed by atoms with van der Waals surface area (Å²) in [6.07, 6.45) is 2.87. The third-order valence-corrected chi connectivity index (χ3v) is 5.61. The number of piperidine rings is 1. The number of urea groups is 1.